The molecule has 0 bridgehead atoms. The molecule has 2 atom stereocenters. The second-order valence-electron chi connectivity index (χ2n) is 6.55. The van der Waals surface area contributed by atoms with Crippen LogP contribution in [0.1, 0.15) is 28.9 Å². The summed E-state index contributed by atoms with van der Waals surface area (Å²) in [7, 11) is 0. The lowest BCUT2D eigenvalue weighted by Crippen LogP contribution is -2.36. The van der Waals surface area contributed by atoms with E-state index in [1.54, 1.807) is 18.2 Å². The number of likely N-dealkylation sites (tertiary alicyclic amines) is 1. The van der Waals surface area contributed by atoms with Gasteiger partial charge in [-0.15, -0.1) is 0 Å². The van der Waals surface area contributed by atoms with Crippen molar-refractivity contribution < 1.29 is 13.9 Å². The third kappa shape index (κ3) is 3.08. The van der Waals surface area contributed by atoms with E-state index < -0.39 is 0 Å². The molecule has 0 saturated carbocycles. The smallest absolute Gasteiger partial charge is 0.257 e. The molecule has 2 saturated heterocycles. The van der Waals surface area contributed by atoms with Crippen molar-refractivity contribution in [3.63, 3.8) is 0 Å². The highest BCUT2D eigenvalue weighted by atomic mass is 16.5. The van der Waals surface area contributed by atoms with Crippen LogP contribution in [-0.4, -0.2) is 47.1 Å². The summed E-state index contributed by atoms with van der Waals surface area (Å²) >= 11 is 0. The number of amides is 1. The van der Waals surface area contributed by atoms with E-state index in [-0.39, 0.29) is 17.6 Å². The van der Waals surface area contributed by atoms with Crippen molar-refractivity contribution in [1.82, 2.24) is 9.88 Å². The maximum atomic E-state index is 12.4. The SMILES string of the molecule is N#Cc1cccc(N[C@H]2CO[C@]3(CCN(C(=O)c4ccoc4)C3)C2)n1. The van der Waals surface area contributed by atoms with E-state index in [0.29, 0.717) is 36.8 Å². The molecule has 0 aliphatic carbocycles. The molecular weight excluding hydrogens is 320 g/mol. The Balaban J connectivity index is 1.39. The van der Waals surface area contributed by atoms with Crippen LogP contribution in [0.3, 0.4) is 0 Å². The average Bonchev–Trinajstić information content (AvgIpc) is 3.37. The number of furan rings is 1. The van der Waals surface area contributed by atoms with E-state index >= 15 is 0 Å². The summed E-state index contributed by atoms with van der Waals surface area (Å²) < 4.78 is 11.1. The number of hydrogen-bond donors (Lipinski definition) is 1. The van der Waals surface area contributed by atoms with Crippen molar-refractivity contribution in [3.8, 4) is 6.07 Å². The molecular formula is C18H18N4O3. The Bertz CT molecular complexity index is 814. The highest BCUT2D eigenvalue weighted by Crippen LogP contribution is 2.36. The van der Waals surface area contributed by atoms with E-state index in [1.807, 2.05) is 17.0 Å². The zero-order chi connectivity index (χ0) is 17.3. The van der Waals surface area contributed by atoms with Crippen molar-refractivity contribution in [2.45, 2.75) is 24.5 Å². The molecule has 0 aromatic carbocycles. The van der Waals surface area contributed by atoms with Crippen LogP contribution in [0.5, 0.6) is 0 Å². The molecule has 2 aliphatic heterocycles. The molecule has 1 spiro atoms. The molecule has 0 radical (unpaired) electrons. The Hall–Kier alpha value is -2.85. The fourth-order valence-electron chi connectivity index (χ4n) is 3.59. The van der Waals surface area contributed by atoms with E-state index in [2.05, 4.69) is 10.3 Å². The summed E-state index contributed by atoms with van der Waals surface area (Å²) in [5.41, 5.74) is 0.655. The van der Waals surface area contributed by atoms with Gasteiger partial charge < -0.3 is 19.4 Å². The van der Waals surface area contributed by atoms with Crippen LogP contribution in [0.25, 0.3) is 0 Å². The molecule has 1 amide bonds. The maximum absolute atomic E-state index is 12.4. The first-order chi connectivity index (χ1) is 12.2. The van der Waals surface area contributed by atoms with Crippen molar-refractivity contribution >= 4 is 11.7 Å². The molecule has 2 aliphatic rings. The molecule has 2 fully saturated rings. The number of carbonyl (C=O) groups is 1. The van der Waals surface area contributed by atoms with Crippen LogP contribution >= 0.6 is 0 Å². The number of nitrogens with zero attached hydrogens (tertiary/aromatic N) is 3. The van der Waals surface area contributed by atoms with Gasteiger partial charge in [0.2, 0.25) is 0 Å². The van der Waals surface area contributed by atoms with Gasteiger partial charge in [-0.2, -0.15) is 5.26 Å². The lowest BCUT2D eigenvalue weighted by molar-refractivity contribution is 0.0125. The molecule has 7 heteroatoms. The minimum absolute atomic E-state index is 0.0194. The number of rotatable bonds is 3. The summed E-state index contributed by atoms with van der Waals surface area (Å²) in [6.45, 7) is 1.83. The third-order valence-electron chi connectivity index (χ3n) is 4.80. The lowest BCUT2D eigenvalue weighted by atomic mass is 9.97. The monoisotopic (exact) mass is 338 g/mol. The van der Waals surface area contributed by atoms with Gasteiger partial charge in [-0.1, -0.05) is 6.07 Å². The molecule has 2 aromatic rings. The summed E-state index contributed by atoms with van der Waals surface area (Å²) in [4.78, 5) is 18.5. The van der Waals surface area contributed by atoms with E-state index in [9.17, 15) is 4.79 Å². The van der Waals surface area contributed by atoms with Crippen LogP contribution in [-0.2, 0) is 4.74 Å². The topological polar surface area (TPSA) is 91.4 Å². The van der Waals surface area contributed by atoms with Gasteiger partial charge in [-0.3, -0.25) is 4.79 Å². The molecule has 128 valence electrons. The summed E-state index contributed by atoms with van der Waals surface area (Å²) in [6.07, 6.45) is 4.61. The van der Waals surface area contributed by atoms with Crippen LogP contribution in [0, 0.1) is 11.3 Å². The molecule has 4 heterocycles. The fraction of sp³-hybridized carbons (Fsp3) is 0.389. The van der Waals surface area contributed by atoms with Crippen LogP contribution in [0.15, 0.2) is 41.2 Å². The number of carbonyl (C=O) groups excluding carboxylic acids is 1. The first-order valence-corrected chi connectivity index (χ1v) is 8.27. The minimum Gasteiger partial charge on any atom is -0.472 e. The van der Waals surface area contributed by atoms with Gasteiger partial charge in [-0.05, 0) is 24.6 Å². The number of nitriles is 1. The Morgan fingerprint density at radius 1 is 1.44 bits per heavy atom. The predicted octanol–water partition coefficient (Wildman–Crippen LogP) is 2.03. The number of ether oxygens (including phenoxy) is 1. The van der Waals surface area contributed by atoms with Gasteiger partial charge in [0, 0.05) is 13.0 Å². The van der Waals surface area contributed by atoms with E-state index in [0.717, 1.165) is 12.8 Å². The molecule has 2 aromatic heterocycles. The zero-order valence-corrected chi connectivity index (χ0v) is 13.6. The number of aromatic nitrogens is 1. The third-order valence-corrected chi connectivity index (χ3v) is 4.80. The van der Waals surface area contributed by atoms with Gasteiger partial charge >= 0.3 is 0 Å². The van der Waals surface area contributed by atoms with Gasteiger partial charge in [0.1, 0.15) is 23.8 Å². The van der Waals surface area contributed by atoms with Crippen LogP contribution in [0.2, 0.25) is 0 Å². The normalized spacial score (nSPS) is 25.2. The zero-order valence-electron chi connectivity index (χ0n) is 13.6. The van der Waals surface area contributed by atoms with E-state index in [1.165, 1.54) is 12.5 Å². The second kappa shape index (κ2) is 6.22. The minimum atomic E-state index is -0.302. The highest BCUT2D eigenvalue weighted by molar-refractivity contribution is 5.94. The first kappa shape index (κ1) is 15.7. The van der Waals surface area contributed by atoms with Crippen molar-refractivity contribution in [2.75, 3.05) is 25.0 Å². The number of hydrogen-bond acceptors (Lipinski definition) is 6. The van der Waals surface area contributed by atoms with Crippen LogP contribution in [0.4, 0.5) is 5.82 Å². The predicted molar refractivity (Wildman–Crippen MR) is 88.9 cm³/mol. The van der Waals surface area contributed by atoms with E-state index in [4.69, 9.17) is 14.4 Å². The summed E-state index contributed by atoms with van der Waals surface area (Å²) in [5.74, 6) is 0.656. The largest absolute Gasteiger partial charge is 0.472 e. The number of nitrogens with one attached hydrogen (secondary N) is 1. The highest BCUT2D eigenvalue weighted by Gasteiger charge is 2.47. The first-order valence-electron chi connectivity index (χ1n) is 8.27. The van der Waals surface area contributed by atoms with Crippen molar-refractivity contribution in [2.24, 2.45) is 0 Å². The Labute approximate surface area is 145 Å². The molecule has 7 nitrogen and oxygen atoms in total. The van der Waals surface area contributed by atoms with Crippen molar-refractivity contribution in [1.29, 1.82) is 5.26 Å². The standard InChI is InChI=1S/C18H18N4O3/c19-9-14-2-1-3-16(20-14)21-15-8-18(25-11-15)5-6-22(12-18)17(23)13-4-7-24-10-13/h1-4,7,10,15H,5-6,8,11-12H2,(H,20,21)/t15-,18-/m1/s1. The lowest BCUT2D eigenvalue weighted by Gasteiger charge is -2.23. The second-order valence-corrected chi connectivity index (χ2v) is 6.55. The van der Waals surface area contributed by atoms with Crippen LogP contribution < -0.4 is 5.32 Å². The molecule has 0 unspecified atom stereocenters. The quantitative estimate of drug-likeness (QED) is 0.921. The molecule has 4 rings (SSSR count). The van der Waals surface area contributed by atoms with Gasteiger partial charge in [-0.25, -0.2) is 4.98 Å². The number of pyridine rings is 1. The Morgan fingerprint density at radius 3 is 3.16 bits per heavy atom. The molecule has 1 N–H and O–H groups in total. The molecule has 25 heavy (non-hydrogen) atoms. The average molecular weight is 338 g/mol. The summed E-state index contributed by atoms with van der Waals surface area (Å²) in [6, 6.07) is 9.16. The maximum Gasteiger partial charge on any atom is 0.257 e. The van der Waals surface area contributed by atoms with Gasteiger partial charge in [0.15, 0.2) is 0 Å². The Morgan fingerprint density at radius 2 is 2.36 bits per heavy atom. The van der Waals surface area contributed by atoms with Crippen molar-refractivity contribution in [3.05, 3.63) is 48.0 Å². The Kier molecular flexibility index (Phi) is 3.90. The fourth-order valence-corrected chi connectivity index (χ4v) is 3.59. The summed E-state index contributed by atoms with van der Waals surface area (Å²) in [5, 5.41) is 12.3. The van der Waals surface area contributed by atoms with Gasteiger partial charge in [0.25, 0.3) is 5.91 Å². The van der Waals surface area contributed by atoms with Gasteiger partial charge in [0.05, 0.1) is 36.6 Å². The number of anilines is 1.